The second-order valence-corrected chi connectivity index (χ2v) is 7.75. The van der Waals surface area contributed by atoms with Crippen molar-refractivity contribution in [3.8, 4) is 0 Å². The van der Waals surface area contributed by atoms with Crippen LogP contribution in [0.15, 0.2) is 48.5 Å². The zero-order valence-electron chi connectivity index (χ0n) is 16.2. The molecule has 1 unspecified atom stereocenters. The Morgan fingerprint density at radius 3 is 2.10 bits per heavy atom. The lowest BCUT2D eigenvalue weighted by Crippen LogP contribution is -2.40. The summed E-state index contributed by atoms with van der Waals surface area (Å²) in [6.45, 7) is 1.50. The molecular formula is C22H23F6NO. The van der Waals surface area contributed by atoms with E-state index in [1.807, 2.05) is 30.3 Å². The van der Waals surface area contributed by atoms with Gasteiger partial charge in [0, 0.05) is 0 Å². The average Bonchev–Trinajstić information content (AvgIpc) is 2.71. The van der Waals surface area contributed by atoms with Gasteiger partial charge in [-0.3, -0.25) is 0 Å². The van der Waals surface area contributed by atoms with Crippen molar-refractivity contribution in [2.75, 3.05) is 13.1 Å². The molecule has 2 aromatic rings. The van der Waals surface area contributed by atoms with Gasteiger partial charge in [-0.05, 0) is 67.4 Å². The SMILES string of the molecule is OC(CCC1(c2ccccc2)CCNCC1)c1ccc(C(F)(F)F)cc1C(F)(F)F. The molecule has 2 N–H and O–H groups in total. The van der Waals surface area contributed by atoms with Gasteiger partial charge in [0.1, 0.15) is 0 Å². The largest absolute Gasteiger partial charge is 0.416 e. The van der Waals surface area contributed by atoms with Crippen molar-refractivity contribution in [3.05, 3.63) is 70.8 Å². The van der Waals surface area contributed by atoms with Crippen molar-refractivity contribution in [1.29, 1.82) is 0 Å². The molecule has 30 heavy (non-hydrogen) atoms. The number of piperidine rings is 1. The quantitative estimate of drug-likeness (QED) is 0.582. The third-order valence-electron chi connectivity index (χ3n) is 5.89. The molecule has 1 fully saturated rings. The first-order chi connectivity index (χ1) is 14.0. The highest BCUT2D eigenvalue weighted by Gasteiger charge is 2.40. The third-order valence-corrected chi connectivity index (χ3v) is 5.89. The Balaban J connectivity index is 1.87. The predicted molar refractivity (Wildman–Crippen MR) is 101 cm³/mol. The molecule has 3 rings (SSSR count). The molecule has 0 aromatic heterocycles. The van der Waals surface area contributed by atoms with Crippen LogP contribution in [-0.2, 0) is 17.8 Å². The fourth-order valence-corrected chi connectivity index (χ4v) is 4.22. The fraction of sp³-hybridized carbons (Fsp3) is 0.455. The molecule has 0 amide bonds. The number of alkyl halides is 6. The second kappa shape index (κ2) is 8.59. The Labute approximate surface area is 170 Å². The fourth-order valence-electron chi connectivity index (χ4n) is 4.22. The van der Waals surface area contributed by atoms with Gasteiger partial charge in [-0.15, -0.1) is 0 Å². The van der Waals surface area contributed by atoms with Crippen LogP contribution in [0.3, 0.4) is 0 Å². The van der Waals surface area contributed by atoms with Crippen LogP contribution in [-0.4, -0.2) is 18.2 Å². The molecule has 0 spiro atoms. The summed E-state index contributed by atoms with van der Waals surface area (Å²) in [5.74, 6) is 0. The Morgan fingerprint density at radius 1 is 0.900 bits per heavy atom. The minimum absolute atomic E-state index is 0.0172. The summed E-state index contributed by atoms with van der Waals surface area (Å²) in [6, 6.07) is 11.0. The van der Waals surface area contributed by atoms with E-state index in [-0.39, 0.29) is 17.9 Å². The molecule has 1 atom stereocenters. The molecule has 0 saturated carbocycles. The van der Waals surface area contributed by atoms with E-state index in [4.69, 9.17) is 0 Å². The van der Waals surface area contributed by atoms with Gasteiger partial charge >= 0.3 is 12.4 Å². The molecular weight excluding hydrogens is 408 g/mol. The van der Waals surface area contributed by atoms with E-state index >= 15 is 0 Å². The van der Waals surface area contributed by atoms with Crippen LogP contribution in [0.25, 0.3) is 0 Å². The highest BCUT2D eigenvalue weighted by atomic mass is 19.4. The highest BCUT2D eigenvalue weighted by molar-refractivity contribution is 5.37. The van der Waals surface area contributed by atoms with E-state index in [2.05, 4.69) is 5.32 Å². The van der Waals surface area contributed by atoms with Crippen molar-refractivity contribution >= 4 is 0 Å². The van der Waals surface area contributed by atoms with Crippen LogP contribution in [0.2, 0.25) is 0 Å². The number of hydrogen-bond donors (Lipinski definition) is 2. The minimum atomic E-state index is -5.00. The molecule has 2 nitrogen and oxygen atoms in total. The van der Waals surface area contributed by atoms with Gasteiger partial charge in [0.15, 0.2) is 0 Å². The van der Waals surface area contributed by atoms with Gasteiger partial charge in [-0.25, -0.2) is 0 Å². The normalized spacial score (nSPS) is 18.2. The number of nitrogens with one attached hydrogen (secondary N) is 1. The lowest BCUT2D eigenvalue weighted by Gasteiger charge is -2.39. The monoisotopic (exact) mass is 431 g/mol. The average molecular weight is 431 g/mol. The Hall–Kier alpha value is -2.06. The van der Waals surface area contributed by atoms with Crippen molar-refractivity contribution in [3.63, 3.8) is 0 Å². The summed E-state index contributed by atoms with van der Waals surface area (Å²) in [4.78, 5) is 0. The maximum atomic E-state index is 13.4. The molecule has 1 heterocycles. The summed E-state index contributed by atoms with van der Waals surface area (Å²) < 4.78 is 78.9. The van der Waals surface area contributed by atoms with Crippen LogP contribution >= 0.6 is 0 Å². The summed E-state index contributed by atoms with van der Waals surface area (Å²) in [7, 11) is 0. The van der Waals surface area contributed by atoms with Crippen molar-refractivity contribution in [2.24, 2.45) is 0 Å². The predicted octanol–water partition coefficient (Wildman–Crippen LogP) is 5.86. The molecule has 0 bridgehead atoms. The minimum Gasteiger partial charge on any atom is -0.388 e. The van der Waals surface area contributed by atoms with E-state index in [0.29, 0.717) is 12.5 Å². The van der Waals surface area contributed by atoms with E-state index in [1.54, 1.807) is 0 Å². The summed E-state index contributed by atoms with van der Waals surface area (Å²) in [6.07, 6.45) is -9.42. The first-order valence-electron chi connectivity index (χ1n) is 9.76. The zero-order valence-corrected chi connectivity index (χ0v) is 16.2. The third kappa shape index (κ3) is 4.98. The van der Waals surface area contributed by atoms with Gasteiger partial charge in [0.05, 0.1) is 17.2 Å². The summed E-state index contributed by atoms with van der Waals surface area (Å²) in [5.41, 5.74) is -2.58. The van der Waals surface area contributed by atoms with Crippen LogP contribution in [0.5, 0.6) is 0 Å². The number of aliphatic hydroxyl groups is 1. The number of rotatable bonds is 5. The molecule has 8 heteroatoms. The van der Waals surface area contributed by atoms with E-state index in [0.717, 1.165) is 37.6 Å². The van der Waals surface area contributed by atoms with Gasteiger partial charge in [-0.1, -0.05) is 36.4 Å². The molecule has 1 saturated heterocycles. The maximum absolute atomic E-state index is 13.4. The zero-order chi connectivity index (χ0) is 22.0. The number of benzene rings is 2. The standard InChI is InChI=1S/C22H23F6NO/c23-21(24,25)16-6-7-17(18(14-16)22(26,27)28)19(30)8-9-20(10-12-29-13-11-20)15-4-2-1-3-5-15/h1-7,14,19,29-30H,8-13H2. The first kappa shape index (κ1) is 22.6. The van der Waals surface area contributed by atoms with Gasteiger partial charge in [-0.2, -0.15) is 26.3 Å². The Bertz CT molecular complexity index is 841. The molecule has 164 valence electrons. The molecule has 1 aliphatic rings. The maximum Gasteiger partial charge on any atom is 0.416 e. The van der Waals surface area contributed by atoms with Crippen molar-refractivity contribution in [1.82, 2.24) is 5.32 Å². The lowest BCUT2D eigenvalue weighted by atomic mass is 9.69. The van der Waals surface area contributed by atoms with Crippen LogP contribution in [0.1, 0.15) is 54.0 Å². The van der Waals surface area contributed by atoms with Crippen LogP contribution in [0.4, 0.5) is 26.3 Å². The first-order valence-corrected chi connectivity index (χ1v) is 9.76. The van der Waals surface area contributed by atoms with Crippen LogP contribution < -0.4 is 5.32 Å². The number of aliphatic hydroxyl groups excluding tert-OH is 1. The van der Waals surface area contributed by atoms with Crippen LogP contribution in [0, 0.1) is 0 Å². The van der Waals surface area contributed by atoms with E-state index in [1.165, 1.54) is 0 Å². The smallest absolute Gasteiger partial charge is 0.388 e. The van der Waals surface area contributed by atoms with E-state index < -0.39 is 35.1 Å². The highest BCUT2D eigenvalue weighted by Crippen LogP contribution is 2.43. The lowest BCUT2D eigenvalue weighted by molar-refractivity contribution is -0.144. The van der Waals surface area contributed by atoms with Gasteiger partial charge < -0.3 is 10.4 Å². The van der Waals surface area contributed by atoms with E-state index in [9.17, 15) is 31.4 Å². The molecule has 1 aliphatic heterocycles. The Kier molecular flexibility index (Phi) is 6.48. The second-order valence-electron chi connectivity index (χ2n) is 7.75. The molecule has 0 aliphatic carbocycles. The topological polar surface area (TPSA) is 32.3 Å². The molecule has 0 radical (unpaired) electrons. The van der Waals surface area contributed by atoms with Gasteiger partial charge in [0.25, 0.3) is 0 Å². The summed E-state index contributed by atoms with van der Waals surface area (Å²) in [5, 5.41) is 13.8. The van der Waals surface area contributed by atoms with Crippen molar-refractivity contribution in [2.45, 2.75) is 49.6 Å². The molecule has 2 aromatic carbocycles. The number of halogens is 6. The number of hydrogen-bond acceptors (Lipinski definition) is 2. The Morgan fingerprint density at radius 2 is 1.53 bits per heavy atom. The van der Waals surface area contributed by atoms with Gasteiger partial charge in [0.2, 0.25) is 0 Å². The summed E-state index contributed by atoms with van der Waals surface area (Å²) >= 11 is 0. The van der Waals surface area contributed by atoms with Crippen molar-refractivity contribution < 1.29 is 31.4 Å².